The topological polar surface area (TPSA) is 0 Å². The molecular formula is C31H28S3. The van der Waals surface area contributed by atoms with Crippen molar-refractivity contribution < 1.29 is 0 Å². The van der Waals surface area contributed by atoms with E-state index in [0.29, 0.717) is 0 Å². The Balaban J connectivity index is 1.28. The van der Waals surface area contributed by atoms with E-state index in [0.717, 1.165) is 6.42 Å². The van der Waals surface area contributed by atoms with Gasteiger partial charge in [0.25, 0.3) is 0 Å². The molecule has 3 heteroatoms. The Morgan fingerprint density at radius 1 is 0.706 bits per heavy atom. The van der Waals surface area contributed by atoms with E-state index < -0.39 is 0 Å². The molecule has 6 aromatic rings. The summed E-state index contributed by atoms with van der Waals surface area (Å²) in [6.45, 7) is 6.66. The first-order valence-electron chi connectivity index (χ1n) is 12.3. The van der Waals surface area contributed by atoms with Crippen LogP contribution in [0.1, 0.15) is 51.0 Å². The van der Waals surface area contributed by atoms with Crippen LogP contribution in [0.3, 0.4) is 0 Å². The monoisotopic (exact) mass is 496 g/mol. The van der Waals surface area contributed by atoms with Gasteiger partial charge in [-0.2, -0.15) is 0 Å². The molecule has 0 fully saturated rings. The van der Waals surface area contributed by atoms with Crippen molar-refractivity contribution in [2.75, 3.05) is 0 Å². The van der Waals surface area contributed by atoms with Crippen molar-refractivity contribution in [3.05, 3.63) is 78.9 Å². The van der Waals surface area contributed by atoms with E-state index in [1.54, 1.807) is 0 Å². The molecule has 34 heavy (non-hydrogen) atoms. The molecular weight excluding hydrogens is 469 g/mol. The first kappa shape index (κ1) is 22.0. The van der Waals surface area contributed by atoms with Crippen LogP contribution in [0.15, 0.2) is 73.3 Å². The molecule has 0 unspecified atom stereocenters. The molecule has 3 aromatic heterocycles. The van der Waals surface area contributed by atoms with E-state index in [9.17, 15) is 0 Å². The number of hydrogen-bond acceptors (Lipinski definition) is 3. The smallest absolute Gasteiger partial charge is 0.0542 e. The number of hydrogen-bond donors (Lipinski definition) is 0. The summed E-state index contributed by atoms with van der Waals surface area (Å²) >= 11 is 5.75. The minimum Gasteiger partial charge on any atom is -0.135 e. The Kier molecular flexibility index (Phi) is 6.02. The summed E-state index contributed by atoms with van der Waals surface area (Å²) in [5.41, 5.74) is 3.90. The SMILES string of the molecule is C=C(CCCCCCC)c1ccc2sc(-c3ccc4c(c3)sc3c5ccccc5sc43)cc2c1. The molecule has 3 heterocycles. The summed E-state index contributed by atoms with van der Waals surface area (Å²) < 4.78 is 6.99. The van der Waals surface area contributed by atoms with Gasteiger partial charge in [0, 0.05) is 29.7 Å². The predicted molar refractivity (Wildman–Crippen MR) is 158 cm³/mol. The van der Waals surface area contributed by atoms with Crippen LogP contribution < -0.4 is 0 Å². The molecule has 0 aliphatic heterocycles. The zero-order valence-electron chi connectivity index (χ0n) is 19.5. The highest BCUT2D eigenvalue weighted by molar-refractivity contribution is 7.36. The Labute approximate surface area is 213 Å². The van der Waals surface area contributed by atoms with E-state index >= 15 is 0 Å². The summed E-state index contributed by atoms with van der Waals surface area (Å²) in [7, 11) is 0. The first-order valence-corrected chi connectivity index (χ1v) is 14.7. The fourth-order valence-electron chi connectivity index (χ4n) is 4.85. The second-order valence-electron chi connectivity index (χ2n) is 9.20. The Hall–Kier alpha value is -2.46. The maximum absolute atomic E-state index is 4.39. The average Bonchev–Trinajstić information content (AvgIpc) is 3.54. The summed E-state index contributed by atoms with van der Waals surface area (Å²) in [5, 5.41) is 4.12. The summed E-state index contributed by atoms with van der Waals surface area (Å²) in [5.74, 6) is 0. The minimum absolute atomic E-state index is 1.10. The van der Waals surface area contributed by atoms with Gasteiger partial charge in [0.05, 0.1) is 9.40 Å². The standard InChI is InChI=1S/C31H28S3/c1-3-4-5-6-7-10-20(2)21-14-16-26-23(17-21)19-28(32-26)22-13-15-25-29(18-22)34-30-24-11-8-9-12-27(24)33-31(25)30/h8-9,11-19H,2-7,10H2,1H3. The molecule has 3 aromatic carbocycles. The molecule has 0 aliphatic carbocycles. The predicted octanol–water partition coefficient (Wildman–Crippen LogP) is 11.5. The van der Waals surface area contributed by atoms with E-state index in [1.165, 1.54) is 93.3 Å². The van der Waals surface area contributed by atoms with Crippen molar-refractivity contribution in [2.45, 2.75) is 45.4 Å². The zero-order chi connectivity index (χ0) is 23.1. The van der Waals surface area contributed by atoms with Gasteiger partial charge in [0.2, 0.25) is 0 Å². The quantitative estimate of drug-likeness (QED) is 0.184. The number of rotatable bonds is 8. The maximum Gasteiger partial charge on any atom is 0.0542 e. The van der Waals surface area contributed by atoms with Gasteiger partial charge in [-0.15, -0.1) is 34.0 Å². The van der Waals surface area contributed by atoms with Crippen LogP contribution in [0.25, 0.3) is 55.7 Å². The largest absolute Gasteiger partial charge is 0.135 e. The van der Waals surface area contributed by atoms with Crippen molar-refractivity contribution in [1.82, 2.24) is 0 Å². The maximum atomic E-state index is 4.39. The fraction of sp³-hybridized carbons (Fsp3) is 0.226. The van der Waals surface area contributed by atoms with Crippen LogP contribution in [0.5, 0.6) is 0 Å². The van der Waals surface area contributed by atoms with Crippen LogP contribution in [0, 0.1) is 0 Å². The van der Waals surface area contributed by atoms with Crippen LogP contribution in [-0.4, -0.2) is 0 Å². The molecule has 0 radical (unpaired) electrons. The van der Waals surface area contributed by atoms with Gasteiger partial charge in [0.15, 0.2) is 0 Å². The highest BCUT2D eigenvalue weighted by Gasteiger charge is 2.13. The third kappa shape index (κ3) is 4.00. The molecule has 0 amide bonds. The third-order valence-corrected chi connectivity index (χ3v) is 10.5. The van der Waals surface area contributed by atoms with Crippen LogP contribution in [0.2, 0.25) is 0 Å². The van der Waals surface area contributed by atoms with E-state index in [-0.39, 0.29) is 0 Å². The Morgan fingerprint density at radius 3 is 2.38 bits per heavy atom. The fourth-order valence-corrected chi connectivity index (χ4v) is 8.58. The molecule has 0 nitrogen and oxygen atoms in total. The summed E-state index contributed by atoms with van der Waals surface area (Å²) in [6.07, 6.45) is 7.66. The van der Waals surface area contributed by atoms with Crippen LogP contribution in [0.4, 0.5) is 0 Å². The van der Waals surface area contributed by atoms with Crippen molar-refractivity contribution in [3.8, 4) is 10.4 Å². The molecule has 0 N–H and O–H groups in total. The number of unbranched alkanes of at least 4 members (excludes halogenated alkanes) is 4. The van der Waals surface area contributed by atoms with Gasteiger partial charge < -0.3 is 0 Å². The molecule has 170 valence electrons. The van der Waals surface area contributed by atoms with Gasteiger partial charge in [-0.1, -0.05) is 75.6 Å². The highest BCUT2D eigenvalue weighted by Crippen LogP contribution is 2.45. The lowest BCUT2D eigenvalue weighted by atomic mass is 9.99. The molecule has 6 rings (SSSR count). The van der Waals surface area contributed by atoms with Gasteiger partial charge in [-0.3, -0.25) is 0 Å². The second kappa shape index (κ2) is 9.30. The second-order valence-corrected chi connectivity index (χ2v) is 12.4. The van der Waals surface area contributed by atoms with Gasteiger partial charge >= 0.3 is 0 Å². The van der Waals surface area contributed by atoms with E-state index in [4.69, 9.17) is 0 Å². The third-order valence-electron chi connectivity index (χ3n) is 6.78. The van der Waals surface area contributed by atoms with Crippen LogP contribution >= 0.6 is 34.0 Å². The molecule has 0 aliphatic rings. The van der Waals surface area contributed by atoms with E-state index in [2.05, 4.69) is 80.2 Å². The Morgan fingerprint density at radius 2 is 1.50 bits per heavy atom. The highest BCUT2D eigenvalue weighted by atomic mass is 32.1. The van der Waals surface area contributed by atoms with Crippen molar-refractivity contribution in [1.29, 1.82) is 0 Å². The molecule has 0 saturated carbocycles. The van der Waals surface area contributed by atoms with Crippen molar-refractivity contribution >= 4 is 79.2 Å². The number of thiophene rings is 3. The van der Waals surface area contributed by atoms with Crippen molar-refractivity contribution in [2.24, 2.45) is 0 Å². The summed E-state index contributed by atoms with van der Waals surface area (Å²) in [6, 6.07) is 25.1. The van der Waals surface area contributed by atoms with Crippen molar-refractivity contribution in [3.63, 3.8) is 0 Å². The van der Waals surface area contributed by atoms with Gasteiger partial charge in [0.1, 0.15) is 0 Å². The zero-order valence-corrected chi connectivity index (χ0v) is 22.0. The number of allylic oxidation sites excluding steroid dienone is 1. The lowest BCUT2D eigenvalue weighted by molar-refractivity contribution is 0.640. The average molecular weight is 497 g/mol. The van der Waals surface area contributed by atoms with E-state index in [1.807, 2.05) is 34.0 Å². The van der Waals surface area contributed by atoms with Crippen LogP contribution in [-0.2, 0) is 0 Å². The van der Waals surface area contributed by atoms with Gasteiger partial charge in [-0.05, 0) is 65.3 Å². The summed E-state index contributed by atoms with van der Waals surface area (Å²) in [4.78, 5) is 1.35. The first-order chi connectivity index (χ1) is 16.7. The normalized spacial score (nSPS) is 11.9. The number of fused-ring (bicyclic) bond motifs is 6. The lowest BCUT2D eigenvalue weighted by Crippen LogP contribution is -1.84. The van der Waals surface area contributed by atoms with Gasteiger partial charge in [-0.25, -0.2) is 0 Å². The molecule has 0 atom stereocenters. The molecule has 0 bridgehead atoms. The number of benzene rings is 3. The Bertz CT molecular complexity index is 1640. The molecule has 0 spiro atoms. The molecule has 0 saturated heterocycles. The lowest BCUT2D eigenvalue weighted by Gasteiger charge is -2.06. The minimum atomic E-state index is 1.10.